The third-order valence-corrected chi connectivity index (χ3v) is 5.30. The number of nitrogens with one attached hydrogen (secondary N) is 1. The first-order valence-corrected chi connectivity index (χ1v) is 9.66. The van der Waals surface area contributed by atoms with Crippen molar-refractivity contribution in [2.45, 2.75) is 26.2 Å². The molecule has 1 atom stereocenters. The smallest absolute Gasteiger partial charge is 0.244 e. The van der Waals surface area contributed by atoms with Crippen LogP contribution in [0.25, 0.3) is 0 Å². The largest absolute Gasteiger partial charge is 0.323 e. The molecule has 6 nitrogen and oxygen atoms in total. The zero-order valence-corrected chi connectivity index (χ0v) is 15.9. The van der Waals surface area contributed by atoms with Crippen LogP contribution >= 0.6 is 0 Å². The Morgan fingerprint density at radius 1 is 1.11 bits per heavy atom. The first kappa shape index (κ1) is 18.2. The van der Waals surface area contributed by atoms with Gasteiger partial charge in [0.05, 0.1) is 17.3 Å². The van der Waals surface area contributed by atoms with Gasteiger partial charge in [0, 0.05) is 18.7 Å². The lowest BCUT2D eigenvalue weighted by molar-refractivity contribution is -0.125. The molecule has 2 aromatic rings. The van der Waals surface area contributed by atoms with Gasteiger partial charge in [-0.3, -0.25) is 14.4 Å². The van der Waals surface area contributed by atoms with Crippen molar-refractivity contribution in [3.63, 3.8) is 0 Å². The summed E-state index contributed by atoms with van der Waals surface area (Å²) in [5, 5.41) is 2.78. The minimum atomic E-state index is -0.457. The van der Waals surface area contributed by atoms with E-state index in [1.54, 1.807) is 11.0 Å². The van der Waals surface area contributed by atoms with Crippen molar-refractivity contribution in [2.24, 2.45) is 5.92 Å². The van der Waals surface area contributed by atoms with Gasteiger partial charge in [-0.05, 0) is 36.2 Å². The standard InChI is InChI=1S/C22H23N3O3/c1-2-5-15-8-10-17(11-9-15)24-13-16(12-21(24)27)22(28)25-14-20(26)23-18-6-3-4-7-19(18)25/h3-4,6-11,16H,2,5,12-14H2,1H3,(H,23,26). The zero-order chi connectivity index (χ0) is 19.7. The highest BCUT2D eigenvalue weighted by Crippen LogP contribution is 2.33. The maximum Gasteiger partial charge on any atom is 0.244 e. The lowest BCUT2D eigenvalue weighted by Crippen LogP contribution is -2.45. The summed E-state index contributed by atoms with van der Waals surface area (Å²) in [6, 6.07) is 15.2. The van der Waals surface area contributed by atoms with Gasteiger partial charge in [0.15, 0.2) is 0 Å². The summed E-state index contributed by atoms with van der Waals surface area (Å²) in [6.07, 6.45) is 2.24. The number of fused-ring (bicyclic) bond motifs is 1. The number of benzene rings is 2. The Kier molecular flexibility index (Phi) is 4.86. The molecule has 0 aromatic heterocycles. The molecule has 0 spiro atoms. The van der Waals surface area contributed by atoms with E-state index >= 15 is 0 Å². The van der Waals surface area contributed by atoms with Gasteiger partial charge >= 0.3 is 0 Å². The average Bonchev–Trinajstić information content (AvgIpc) is 3.09. The number of carbonyl (C=O) groups is 3. The van der Waals surface area contributed by atoms with Crippen LogP contribution in [-0.4, -0.2) is 30.8 Å². The lowest BCUT2D eigenvalue weighted by atomic mass is 10.1. The molecule has 1 N–H and O–H groups in total. The zero-order valence-electron chi connectivity index (χ0n) is 15.9. The number of amides is 3. The molecule has 3 amide bonds. The van der Waals surface area contributed by atoms with Gasteiger partial charge < -0.3 is 15.1 Å². The number of rotatable bonds is 4. The van der Waals surface area contributed by atoms with Crippen LogP contribution in [0, 0.1) is 5.92 Å². The Morgan fingerprint density at radius 2 is 1.86 bits per heavy atom. The van der Waals surface area contributed by atoms with Gasteiger partial charge in [-0.2, -0.15) is 0 Å². The van der Waals surface area contributed by atoms with Crippen LogP contribution in [-0.2, 0) is 20.8 Å². The van der Waals surface area contributed by atoms with E-state index in [4.69, 9.17) is 0 Å². The summed E-state index contributed by atoms with van der Waals surface area (Å²) in [5.41, 5.74) is 3.36. The molecule has 1 fully saturated rings. The highest BCUT2D eigenvalue weighted by Gasteiger charge is 2.39. The molecule has 2 aromatic carbocycles. The van der Waals surface area contributed by atoms with Crippen LogP contribution in [0.2, 0.25) is 0 Å². The first-order valence-electron chi connectivity index (χ1n) is 9.66. The molecule has 2 heterocycles. The van der Waals surface area contributed by atoms with E-state index in [9.17, 15) is 14.4 Å². The Labute approximate surface area is 164 Å². The molecular formula is C22H23N3O3. The van der Waals surface area contributed by atoms with Crippen molar-refractivity contribution in [1.29, 1.82) is 0 Å². The third-order valence-electron chi connectivity index (χ3n) is 5.30. The van der Waals surface area contributed by atoms with Crippen LogP contribution in [0.15, 0.2) is 48.5 Å². The van der Waals surface area contributed by atoms with Crippen LogP contribution in [0.1, 0.15) is 25.3 Å². The fraction of sp³-hybridized carbons (Fsp3) is 0.318. The highest BCUT2D eigenvalue weighted by atomic mass is 16.2. The monoisotopic (exact) mass is 377 g/mol. The molecule has 2 aliphatic rings. The van der Waals surface area contributed by atoms with Gasteiger partial charge in [-0.15, -0.1) is 0 Å². The Morgan fingerprint density at radius 3 is 2.61 bits per heavy atom. The number of hydrogen-bond acceptors (Lipinski definition) is 3. The van der Waals surface area contributed by atoms with Gasteiger partial charge in [-0.1, -0.05) is 37.6 Å². The van der Waals surface area contributed by atoms with E-state index in [0.29, 0.717) is 17.9 Å². The summed E-state index contributed by atoms with van der Waals surface area (Å²) in [7, 11) is 0. The molecule has 0 bridgehead atoms. The van der Waals surface area contributed by atoms with Crippen LogP contribution in [0.4, 0.5) is 17.1 Å². The number of carbonyl (C=O) groups excluding carboxylic acids is 3. The van der Waals surface area contributed by atoms with Crippen LogP contribution in [0.3, 0.4) is 0 Å². The van der Waals surface area contributed by atoms with Crippen molar-refractivity contribution in [2.75, 3.05) is 28.2 Å². The fourth-order valence-electron chi connectivity index (χ4n) is 3.90. The number of aryl methyl sites for hydroxylation is 1. The van der Waals surface area contributed by atoms with Gasteiger partial charge in [0.1, 0.15) is 6.54 Å². The summed E-state index contributed by atoms with van der Waals surface area (Å²) in [6.45, 7) is 2.45. The van der Waals surface area contributed by atoms with E-state index < -0.39 is 5.92 Å². The Bertz CT molecular complexity index is 923. The van der Waals surface area contributed by atoms with Crippen molar-refractivity contribution in [1.82, 2.24) is 0 Å². The van der Waals surface area contributed by atoms with E-state index in [1.165, 1.54) is 10.5 Å². The SMILES string of the molecule is CCCc1ccc(N2CC(C(=O)N3CC(=O)Nc4ccccc43)CC2=O)cc1. The van der Waals surface area contributed by atoms with Gasteiger partial charge in [0.25, 0.3) is 0 Å². The lowest BCUT2D eigenvalue weighted by Gasteiger charge is -2.30. The van der Waals surface area contributed by atoms with E-state index in [0.717, 1.165) is 18.5 Å². The van der Waals surface area contributed by atoms with Crippen molar-refractivity contribution >= 4 is 34.8 Å². The molecule has 0 radical (unpaired) electrons. The van der Waals surface area contributed by atoms with Gasteiger partial charge in [0.2, 0.25) is 17.7 Å². The van der Waals surface area contributed by atoms with Crippen LogP contribution in [0.5, 0.6) is 0 Å². The van der Waals surface area contributed by atoms with Crippen molar-refractivity contribution < 1.29 is 14.4 Å². The Balaban J connectivity index is 1.52. The molecular weight excluding hydrogens is 354 g/mol. The molecule has 1 saturated heterocycles. The van der Waals surface area contributed by atoms with E-state index in [1.807, 2.05) is 42.5 Å². The second-order valence-corrected chi connectivity index (χ2v) is 7.31. The van der Waals surface area contributed by atoms with Crippen molar-refractivity contribution in [3.05, 3.63) is 54.1 Å². The molecule has 144 valence electrons. The molecule has 6 heteroatoms. The summed E-state index contributed by atoms with van der Waals surface area (Å²) in [5.74, 6) is -0.918. The Hall–Kier alpha value is -3.15. The maximum atomic E-state index is 13.1. The second kappa shape index (κ2) is 7.46. The molecule has 0 saturated carbocycles. The molecule has 1 unspecified atom stereocenters. The highest BCUT2D eigenvalue weighted by molar-refractivity contribution is 6.12. The number of hydrogen-bond donors (Lipinski definition) is 1. The number of nitrogens with zero attached hydrogens (tertiary/aromatic N) is 2. The average molecular weight is 377 g/mol. The molecule has 0 aliphatic carbocycles. The van der Waals surface area contributed by atoms with E-state index in [2.05, 4.69) is 12.2 Å². The summed E-state index contributed by atoms with van der Waals surface area (Å²) < 4.78 is 0. The second-order valence-electron chi connectivity index (χ2n) is 7.31. The first-order chi connectivity index (χ1) is 13.6. The maximum absolute atomic E-state index is 13.1. The molecule has 28 heavy (non-hydrogen) atoms. The summed E-state index contributed by atoms with van der Waals surface area (Å²) >= 11 is 0. The van der Waals surface area contributed by atoms with Crippen LogP contribution < -0.4 is 15.1 Å². The molecule has 4 rings (SSSR count). The quantitative estimate of drug-likeness (QED) is 0.891. The normalized spacial score (nSPS) is 18.8. The topological polar surface area (TPSA) is 69.7 Å². The number of anilines is 3. The van der Waals surface area contributed by atoms with Gasteiger partial charge in [-0.25, -0.2) is 0 Å². The minimum Gasteiger partial charge on any atom is -0.323 e. The minimum absolute atomic E-state index is 0.0216. The number of para-hydroxylation sites is 2. The fourth-order valence-corrected chi connectivity index (χ4v) is 3.90. The summed E-state index contributed by atoms with van der Waals surface area (Å²) in [4.78, 5) is 40.9. The predicted molar refractivity (Wildman–Crippen MR) is 108 cm³/mol. The third kappa shape index (κ3) is 3.38. The molecule has 2 aliphatic heterocycles. The van der Waals surface area contributed by atoms with E-state index in [-0.39, 0.29) is 30.7 Å². The van der Waals surface area contributed by atoms with Crippen molar-refractivity contribution in [3.8, 4) is 0 Å². The predicted octanol–water partition coefficient (Wildman–Crippen LogP) is 2.98.